The maximum Gasteiger partial charge on any atom is 0.253 e. The van der Waals surface area contributed by atoms with Gasteiger partial charge >= 0.3 is 0 Å². The predicted molar refractivity (Wildman–Crippen MR) is 77.8 cm³/mol. The van der Waals surface area contributed by atoms with E-state index in [1.54, 1.807) is 0 Å². The van der Waals surface area contributed by atoms with Crippen LogP contribution in [0, 0.1) is 13.8 Å². The molecule has 0 spiro atoms. The minimum atomic E-state index is -0.00900. The zero-order valence-electron chi connectivity index (χ0n) is 11.9. The minimum Gasteiger partial charge on any atom is -0.350 e. The summed E-state index contributed by atoms with van der Waals surface area (Å²) in [6.07, 6.45) is 0. The molecule has 1 amide bonds. The molecule has 1 heterocycles. The van der Waals surface area contributed by atoms with Crippen LogP contribution >= 0.6 is 0 Å². The van der Waals surface area contributed by atoms with Crippen LogP contribution in [0.3, 0.4) is 0 Å². The number of hydrogen-bond acceptors (Lipinski definition) is 1. The van der Waals surface area contributed by atoms with Gasteiger partial charge in [0.25, 0.3) is 5.91 Å². The quantitative estimate of drug-likeness (QED) is 0.898. The van der Waals surface area contributed by atoms with Crippen LogP contribution in [0.1, 0.15) is 35.6 Å². The smallest absolute Gasteiger partial charge is 0.253 e. The number of aryl methyl sites for hydroxylation is 1. The monoisotopic (exact) mass is 256 g/mol. The van der Waals surface area contributed by atoms with Gasteiger partial charge in [0.05, 0.1) is 5.56 Å². The summed E-state index contributed by atoms with van der Waals surface area (Å²) in [5, 5.41) is 2.94. The maximum absolute atomic E-state index is 12.1. The standard InChI is InChI=1S/C16H20N2O/c1-11(2)17-16(19)15-10-12(3)18(13(15)4)14-8-6-5-7-9-14/h5-11H,1-4H3,(H,17,19). The molecule has 3 nitrogen and oxygen atoms in total. The number of hydrogen-bond donors (Lipinski definition) is 1. The molecule has 0 fully saturated rings. The molecule has 0 aliphatic heterocycles. The molecule has 100 valence electrons. The zero-order chi connectivity index (χ0) is 14.0. The highest BCUT2D eigenvalue weighted by Gasteiger charge is 2.16. The van der Waals surface area contributed by atoms with Gasteiger partial charge in [0.1, 0.15) is 0 Å². The summed E-state index contributed by atoms with van der Waals surface area (Å²) in [7, 11) is 0. The van der Waals surface area contributed by atoms with Crippen molar-refractivity contribution in [1.29, 1.82) is 0 Å². The van der Waals surface area contributed by atoms with E-state index in [0.717, 1.165) is 22.6 Å². The van der Waals surface area contributed by atoms with Crippen LogP contribution in [0.4, 0.5) is 0 Å². The molecule has 19 heavy (non-hydrogen) atoms. The first-order valence-corrected chi connectivity index (χ1v) is 6.56. The number of rotatable bonds is 3. The molecular weight excluding hydrogens is 236 g/mol. The van der Waals surface area contributed by atoms with Gasteiger partial charge < -0.3 is 9.88 Å². The van der Waals surface area contributed by atoms with E-state index < -0.39 is 0 Å². The number of amides is 1. The molecule has 2 rings (SSSR count). The van der Waals surface area contributed by atoms with Crippen molar-refractivity contribution in [3.05, 3.63) is 53.3 Å². The summed E-state index contributed by atoms with van der Waals surface area (Å²) in [5.74, 6) is -0.00900. The number of carbonyl (C=O) groups excluding carboxylic acids is 1. The van der Waals surface area contributed by atoms with Gasteiger partial charge in [-0.2, -0.15) is 0 Å². The van der Waals surface area contributed by atoms with Crippen molar-refractivity contribution in [1.82, 2.24) is 9.88 Å². The highest BCUT2D eigenvalue weighted by molar-refractivity contribution is 5.96. The molecule has 0 atom stereocenters. The lowest BCUT2D eigenvalue weighted by atomic mass is 10.2. The van der Waals surface area contributed by atoms with Gasteiger partial charge in [-0.25, -0.2) is 0 Å². The average Bonchev–Trinajstić information content (AvgIpc) is 2.65. The van der Waals surface area contributed by atoms with E-state index in [1.165, 1.54) is 0 Å². The van der Waals surface area contributed by atoms with Crippen molar-refractivity contribution < 1.29 is 4.79 Å². The molecule has 0 unspecified atom stereocenters. The molecule has 0 bridgehead atoms. The van der Waals surface area contributed by atoms with Crippen LogP contribution in [0.5, 0.6) is 0 Å². The Kier molecular flexibility index (Phi) is 3.74. The Morgan fingerprint density at radius 1 is 1.16 bits per heavy atom. The van der Waals surface area contributed by atoms with Crippen LogP contribution in [0.2, 0.25) is 0 Å². The fourth-order valence-corrected chi connectivity index (χ4v) is 2.31. The lowest BCUT2D eigenvalue weighted by molar-refractivity contribution is 0.0942. The van der Waals surface area contributed by atoms with Crippen molar-refractivity contribution in [2.24, 2.45) is 0 Å². The number of para-hydroxylation sites is 1. The van der Waals surface area contributed by atoms with Crippen molar-refractivity contribution >= 4 is 5.91 Å². The Labute approximate surface area is 114 Å². The Hall–Kier alpha value is -2.03. The topological polar surface area (TPSA) is 34.0 Å². The first kappa shape index (κ1) is 13.4. The SMILES string of the molecule is Cc1cc(C(=O)NC(C)C)c(C)n1-c1ccccc1. The van der Waals surface area contributed by atoms with Crippen LogP contribution in [-0.4, -0.2) is 16.5 Å². The van der Waals surface area contributed by atoms with Crippen LogP contribution in [0.25, 0.3) is 5.69 Å². The maximum atomic E-state index is 12.1. The third kappa shape index (κ3) is 2.70. The molecule has 0 saturated heterocycles. The van der Waals surface area contributed by atoms with E-state index in [-0.39, 0.29) is 11.9 Å². The summed E-state index contributed by atoms with van der Waals surface area (Å²) < 4.78 is 2.11. The molecule has 0 radical (unpaired) electrons. The summed E-state index contributed by atoms with van der Waals surface area (Å²) >= 11 is 0. The van der Waals surface area contributed by atoms with Gasteiger partial charge in [-0.1, -0.05) is 18.2 Å². The number of nitrogens with zero attached hydrogens (tertiary/aromatic N) is 1. The molecule has 0 aliphatic rings. The highest BCUT2D eigenvalue weighted by Crippen LogP contribution is 2.20. The second-order valence-electron chi connectivity index (χ2n) is 5.08. The van der Waals surface area contributed by atoms with E-state index in [2.05, 4.69) is 9.88 Å². The van der Waals surface area contributed by atoms with Crippen molar-refractivity contribution in [2.75, 3.05) is 0 Å². The van der Waals surface area contributed by atoms with Gasteiger partial charge in [-0.05, 0) is 45.9 Å². The largest absolute Gasteiger partial charge is 0.350 e. The number of aromatic nitrogens is 1. The number of carbonyl (C=O) groups is 1. The Morgan fingerprint density at radius 3 is 2.37 bits per heavy atom. The zero-order valence-corrected chi connectivity index (χ0v) is 11.9. The van der Waals surface area contributed by atoms with Crippen LogP contribution in [-0.2, 0) is 0 Å². The minimum absolute atomic E-state index is 0.00900. The molecular formula is C16H20N2O. The molecule has 2 aromatic rings. The third-order valence-corrected chi connectivity index (χ3v) is 3.11. The molecule has 1 aromatic carbocycles. The summed E-state index contributed by atoms with van der Waals surface area (Å²) in [5.41, 5.74) is 3.87. The van der Waals surface area contributed by atoms with Gasteiger partial charge in [0, 0.05) is 23.1 Å². The highest BCUT2D eigenvalue weighted by atomic mass is 16.1. The predicted octanol–water partition coefficient (Wildman–Crippen LogP) is 3.23. The van der Waals surface area contributed by atoms with Gasteiger partial charge in [-0.3, -0.25) is 4.79 Å². The van der Waals surface area contributed by atoms with Crippen LogP contribution in [0.15, 0.2) is 36.4 Å². The van der Waals surface area contributed by atoms with Crippen LogP contribution < -0.4 is 5.32 Å². The normalized spacial score (nSPS) is 10.8. The van der Waals surface area contributed by atoms with E-state index in [4.69, 9.17) is 0 Å². The summed E-state index contributed by atoms with van der Waals surface area (Å²) in [6.45, 7) is 7.93. The Balaban J connectivity index is 2.44. The number of nitrogens with one attached hydrogen (secondary N) is 1. The lowest BCUT2D eigenvalue weighted by Crippen LogP contribution is -2.30. The first-order valence-electron chi connectivity index (χ1n) is 6.56. The Bertz CT molecular complexity index is 582. The average molecular weight is 256 g/mol. The van der Waals surface area contributed by atoms with Gasteiger partial charge in [0.15, 0.2) is 0 Å². The molecule has 0 saturated carbocycles. The number of benzene rings is 1. The van der Waals surface area contributed by atoms with E-state index >= 15 is 0 Å². The lowest BCUT2D eigenvalue weighted by Gasteiger charge is -2.11. The first-order chi connectivity index (χ1) is 9.00. The second-order valence-corrected chi connectivity index (χ2v) is 5.08. The summed E-state index contributed by atoms with van der Waals surface area (Å²) in [4.78, 5) is 12.1. The molecule has 3 heteroatoms. The van der Waals surface area contributed by atoms with Crippen molar-refractivity contribution in [3.63, 3.8) is 0 Å². The fourth-order valence-electron chi connectivity index (χ4n) is 2.31. The van der Waals surface area contributed by atoms with Crippen molar-refractivity contribution in [2.45, 2.75) is 33.7 Å². The van der Waals surface area contributed by atoms with Crippen molar-refractivity contribution in [3.8, 4) is 5.69 Å². The third-order valence-electron chi connectivity index (χ3n) is 3.11. The molecule has 1 N–H and O–H groups in total. The van der Waals surface area contributed by atoms with Gasteiger partial charge in [0.2, 0.25) is 0 Å². The molecule has 1 aromatic heterocycles. The fraction of sp³-hybridized carbons (Fsp3) is 0.312. The Morgan fingerprint density at radius 2 is 1.79 bits per heavy atom. The summed E-state index contributed by atoms with van der Waals surface area (Å²) in [6, 6.07) is 12.2. The molecule has 0 aliphatic carbocycles. The van der Waals surface area contributed by atoms with Gasteiger partial charge in [-0.15, -0.1) is 0 Å². The van der Waals surface area contributed by atoms with E-state index in [1.807, 2.05) is 64.1 Å². The van der Waals surface area contributed by atoms with E-state index in [9.17, 15) is 4.79 Å². The van der Waals surface area contributed by atoms with E-state index in [0.29, 0.717) is 0 Å². The second kappa shape index (κ2) is 5.31.